The van der Waals surface area contributed by atoms with Gasteiger partial charge in [-0.15, -0.1) is 0 Å². The molecule has 4 heterocycles. The van der Waals surface area contributed by atoms with Gasteiger partial charge in [-0.3, -0.25) is 9.67 Å². The first-order valence-electron chi connectivity index (χ1n) is 11.9. The third-order valence-corrected chi connectivity index (χ3v) is 6.72. The molecule has 3 aromatic heterocycles. The van der Waals surface area contributed by atoms with Crippen molar-refractivity contribution in [3.05, 3.63) is 85.6 Å². The predicted molar refractivity (Wildman–Crippen MR) is 144 cm³/mol. The largest absolute Gasteiger partial charge is 0.387 e. The molecule has 0 unspecified atom stereocenters. The van der Waals surface area contributed by atoms with Gasteiger partial charge in [-0.2, -0.15) is 5.10 Å². The summed E-state index contributed by atoms with van der Waals surface area (Å²) in [7, 11) is 4.01. The lowest BCUT2D eigenvalue weighted by Crippen LogP contribution is -2.31. The Balaban J connectivity index is 1.33. The van der Waals surface area contributed by atoms with Crippen molar-refractivity contribution in [3.8, 4) is 11.1 Å². The van der Waals surface area contributed by atoms with E-state index in [0.29, 0.717) is 6.04 Å². The van der Waals surface area contributed by atoms with E-state index in [2.05, 4.69) is 85.9 Å². The SMILES string of the molecule is C=C(Nc1cc2cc(-c3cnn(C4CCN(C)CC4)c3)ccc2cn1)c1ccc(C(=C)NC)nc1. The van der Waals surface area contributed by atoms with Crippen molar-refractivity contribution in [2.45, 2.75) is 18.9 Å². The van der Waals surface area contributed by atoms with E-state index in [1.807, 2.05) is 31.6 Å². The summed E-state index contributed by atoms with van der Waals surface area (Å²) >= 11 is 0. The van der Waals surface area contributed by atoms with E-state index in [1.54, 1.807) is 6.20 Å². The van der Waals surface area contributed by atoms with Crippen LogP contribution in [-0.2, 0) is 0 Å². The number of hydrogen-bond donors (Lipinski definition) is 2. The molecule has 1 aliphatic heterocycles. The summed E-state index contributed by atoms with van der Waals surface area (Å²) in [5.74, 6) is 0.741. The van der Waals surface area contributed by atoms with Gasteiger partial charge in [0, 0.05) is 47.8 Å². The van der Waals surface area contributed by atoms with Gasteiger partial charge < -0.3 is 15.5 Å². The zero-order valence-electron chi connectivity index (χ0n) is 20.3. The Hall–Kier alpha value is -3.97. The molecule has 7 nitrogen and oxygen atoms in total. The molecule has 1 fully saturated rings. The molecule has 1 aromatic carbocycles. The van der Waals surface area contributed by atoms with Crippen molar-refractivity contribution in [2.24, 2.45) is 0 Å². The number of nitrogens with zero attached hydrogens (tertiary/aromatic N) is 5. The molecular formula is C28H31N7. The maximum atomic E-state index is 4.68. The predicted octanol–water partition coefficient (Wildman–Crippen LogP) is 5.03. The van der Waals surface area contributed by atoms with Gasteiger partial charge in [0.25, 0.3) is 0 Å². The zero-order chi connectivity index (χ0) is 24.4. The highest BCUT2D eigenvalue weighted by Crippen LogP contribution is 2.28. The van der Waals surface area contributed by atoms with Gasteiger partial charge in [-0.05, 0) is 68.2 Å². The topological polar surface area (TPSA) is 70.9 Å². The number of piperidine rings is 1. The fraction of sp³-hybridized carbons (Fsp3) is 0.250. The van der Waals surface area contributed by atoms with Gasteiger partial charge in [-0.25, -0.2) is 4.98 Å². The number of likely N-dealkylation sites (tertiary alicyclic amines) is 1. The summed E-state index contributed by atoms with van der Waals surface area (Å²) < 4.78 is 2.14. The number of nitrogens with one attached hydrogen (secondary N) is 2. The fourth-order valence-corrected chi connectivity index (χ4v) is 4.44. The highest BCUT2D eigenvalue weighted by atomic mass is 15.3. The maximum absolute atomic E-state index is 4.68. The van der Waals surface area contributed by atoms with Gasteiger partial charge >= 0.3 is 0 Å². The van der Waals surface area contributed by atoms with Gasteiger partial charge in [0.1, 0.15) is 5.82 Å². The summed E-state index contributed by atoms with van der Waals surface area (Å²) in [5, 5.41) is 13.2. The van der Waals surface area contributed by atoms with Crippen LogP contribution in [-0.4, -0.2) is 51.8 Å². The molecule has 5 rings (SSSR count). The average Bonchev–Trinajstić information content (AvgIpc) is 3.38. The summed E-state index contributed by atoms with van der Waals surface area (Å²) in [4.78, 5) is 11.4. The van der Waals surface area contributed by atoms with Crippen molar-refractivity contribution in [3.63, 3.8) is 0 Å². The summed E-state index contributed by atoms with van der Waals surface area (Å²) in [5.41, 5.74) is 5.50. The average molecular weight is 466 g/mol. The van der Waals surface area contributed by atoms with Crippen LogP contribution in [0.3, 0.4) is 0 Å². The Morgan fingerprint density at radius 2 is 1.74 bits per heavy atom. The Morgan fingerprint density at radius 3 is 2.49 bits per heavy atom. The fourth-order valence-electron chi connectivity index (χ4n) is 4.44. The maximum Gasteiger partial charge on any atom is 0.130 e. The Kier molecular flexibility index (Phi) is 6.33. The second-order valence-corrected chi connectivity index (χ2v) is 9.14. The Bertz CT molecular complexity index is 1360. The molecule has 0 saturated carbocycles. The molecule has 35 heavy (non-hydrogen) atoms. The summed E-state index contributed by atoms with van der Waals surface area (Å²) in [6, 6.07) is 12.9. The quantitative estimate of drug-likeness (QED) is 0.399. The van der Waals surface area contributed by atoms with Crippen LogP contribution >= 0.6 is 0 Å². The van der Waals surface area contributed by atoms with Gasteiger partial charge in [-0.1, -0.05) is 25.3 Å². The van der Waals surface area contributed by atoms with Crippen molar-refractivity contribution < 1.29 is 0 Å². The minimum Gasteiger partial charge on any atom is -0.387 e. The van der Waals surface area contributed by atoms with Crippen LogP contribution < -0.4 is 10.6 Å². The third-order valence-electron chi connectivity index (χ3n) is 6.72. The lowest BCUT2D eigenvalue weighted by Gasteiger charge is -2.28. The number of pyridine rings is 2. The molecule has 0 radical (unpaired) electrons. The highest BCUT2D eigenvalue weighted by molar-refractivity contribution is 5.89. The number of aromatic nitrogens is 4. The molecule has 178 valence electrons. The summed E-state index contributed by atoms with van der Waals surface area (Å²) in [6.45, 7) is 10.4. The Labute approximate surface area is 206 Å². The number of benzene rings is 1. The Morgan fingerprint density at radius 1 is 0.914 bits per heavy atom. The van der Waals surface area contributed by atoms with Gasteiger partial charge in [0.05, 0.1) is 23.6 Å². The first-order chi connectivity index (χ1) is 17.0. The number of hydrogen-bond acceptors (Lipinski definition) is 6. The van der Waals surface area contributed by atoms with E-state index in [9.17, 15) is 0 Å². The van der Waals surface area contributed by atoms with Gasteiger partial charge in [0.15, 0.2) is 0 Å². The minimum absolute atomic E-state index is 0.478. The van der Waals surface area contributed by atoms with E-state index in [4.69, 9.17) is 0 Å². The van der Waals surface area contributed by atoms with E-state index < -0.39 is 0 Å². The van der Waals surface area contributed by atoms with Crippen LogP contribution in [0.1, 0.15) is 30.1 Å². The van der Waals surface area contributed by atoms with Crippen LogP contribution in [0.2, 0.25) is 0 Å². The van der Waals surface area contributed by atoms with Crippen LogP contribution in [0.25, 0.3) is 33.3 Å². The van der Waals surface area contributed by atoms with Crippen LogP contribution in [0.5, 0.6) is 0 Å². The highest BCUT2D eigenvalue weighted by Gasteiger charge is 2.19. The first kappa shape index (κ1) is 22.8. The van der Waals surface area contributed by atoms with Crippen molar-refractivity contribution in [1.29, 1.82) is 0 Å². The van der Waals surface area contributed by atoms with Crippen molar-refractivity contribution in [1.82, 2.24) is 30.0 Å². The molecule has 0 aliphatic carbocycles. The van der Waals surface area contributed by atoms with Crippen LogP contribution in [0.4, 0.5) is 5.82 Å². The van der Waals surface area contributed by atoms with Gasteiger partial charge in [0.2, 0.25) is 0 Å². The lowest BCUT2D eigenvalue weighted by atomic mass is 10.0. The summed E-state index contributed by atoms with van der Waals surface area (Å²) in [6.07, 6.45) is 10.1. The molecule has 7 heteroatoms. The first-order valence-corrected chi connectivity index (χ1v) is 11.9. The van der Waals surface area contributed by atoms with Crippen LogP contribution in [0, 0.1) is 0 Å². The molecule has 0 atom stereocenters. The number of anilines is 1. The molecule has 0 bridgehead atoms. The second-order valence-electron chi connectivity index (χ2n) is 9.14. The van der Waals surface area contributed by atoms with E-state index >= 15 is 0 Å². The third kappa shape index (κ3) is 4.95. The monoisotopic (exact) mass is 465 g/mol. The normalized spacial score (nSPS) is 14.7. The smallest absolute Gasteiger partial charge is 0.130 e. The van der Waals surface area contributed by atoms with Crippen molar-refractivity contribution >= 4 is 28.0 Å². The lowest BCUT2D eigenvalue weighted by molar-refractivity contribution is 0.212. The molecule has 1 aliphatic rings. The second kappa shape index (κ2) is 9.72. The van der Waals surface area contributed by atoms with E-state index in [1.165, 1.54) is 0 Å². The molecule has 0 spiro atoms. The van der Waals surface area contributed by atoms with Crippen LogP contribution in [0.15, 0.2) is 74.3 Å². The zero-order valence-corrected chi connectivity index (χ0v) is 20.3. The standard InChI is InChI=1S/C28H31N7/c1-19(22-7-8-27(30-15-22)20(2)29-3)33-28-14-24-13-21(5-6-23(24)16-31-28)25-17-32-35(18-25)26-9-11-34(4)12-10-26/h5-8,13-18,26,29H,1-2,9-12H2,3-4H3,(H,31,33). The van der Waals surface area contributed by atoms with E-state index in [-0.39, 0.29) is 0 Å². The number of fused-ring (bicyclic) bond motifs is 1. The van der Waals surface area contributed by atoms with E-state index in [0.717, 1.165) is 76.3 Å². The minimum atomic E-state index is 0.478. The molecule has 4 aromatic rings. The van der Waals surface area contributed by atoms with Crippen molar-refractivity contribution in [2.75, 3.05) is 32.5 Å². The number of rotatable bonds is 7. The molecular weight excluding hydrogens is 434 g/mol. The molecule has 0 amide bonds. The molecule has 2 N–H and O–H groups in total. The molecule has 1 saturated heterocycles.